The number of thiophene rings is 2. The van der Waals surface area contributed by atoms with E-state index >= 15 is 0 Å². The van der Waals surface area contributed by atoms with Gasteiger partial charge in [0, 0.05) is 41.3 Å². The molecule has 208 valence electrons. The summed E-state index contributed by atoms with van der Waals surface area (Å²) in [5.74, 6) is 0.319. The van der Waals surface area contributed by atoms with Crippen molar-refractivity contribution in [3.05, 3.63) is 88.7 Å². The number of carbonyl (C=O) groups excluding carboxylic acids is 2. The zero-order valence-electron chi connectivity index (χ0n) is 22.7. The van der Waals surface area contributed by atoms with Gasteiger partial charge in [0.25, 0.3) is 11.8 Å². The van der Waals surface area contributed by atoms with Crippen LogP contribution in [-0.4, -0.2) is 32.7 Å². The standard InChI is InChI=1S/C31H26Br2N4O2S2/c1-14-8-16(3)34-29-22(14)24(32)26(40-29)28(38)36-21-11-19(21)10-20-9-15(2)23-25(33)27(41-30(23)35-20)31(39)37-12-17-6-4-5-7-18(17)13-37/h4-9,19,21H,10-13H2,1-3H3,(H,36,38). The number of nitrogens with zero attached hydrogens (tertiary/aromatic N) is 3. The summed E-state index contributed by atoms with van der Waals surface area (Å²) in [5, 5.41) is 5.25. The van der Waals surface area contributed by atoms with Crippen LogP contribution < -0.4 is 5.32 Å². The maximum Gasteiger partial charge on any atom is 0.265 e. The van der Waals surface area contributed by atoms with Gasteiger partial charge in [-0.2, -0.15) is 0 Å². The normalized spacial score (nSPS) is 17.8. The molecular weight excluding hydrogens is 684 g/mol. The maximum atomic E-state index is 13.5. The fourth-order valence-electron chi connectivity index (χ4n) is 5.86. The van der Waals surface area contributed by atoms with E-state index in [4.69, 9.17) is 4.98 Å². The van der Waals surface area contributed by atoms with Gasteiger partial charge in [0.05, 0.1) is 8.95 Å². The fraction of sp³-hybridized carbons (Fsp3) is 0.290. The van der Waals surface area contributed by atoms with Crippen molar-refractivity contribution in [3.8, 4) is 0 Å². The molecule has 0 bridgehead atoms. The van der Waals surface area contributed by atoms with Crippen LogP contribution >= 0.6 is 54.5 Å². The van der Waals surface area contributed by atoms with E-state index in [0.717, 1.165) is 64.7 Å². The molecule has 4 aromatic heterocycles. The first kappa shape index (κ1) is 27.2. The number of pyridine rings is 2. The van der Waals surface area contributed by atoms with Gasteiger partial charge in [-0.1, -0.05) is 24.3 Å². The lowest BCUT2D eigenvalue weighted by Gasteiger charge is -2.14. The monoisotopic (exact) mass is 708 g/mol. The molecule has 0 radical (unpaired) electrons. The Labute approximate surface area is 262 Å². The highest BCUT2D eigenvalue weighted by molar-refractivity contribution is 9.11. The molecule has 1 aliphatic heterocycles. The molecule has 0 saturated heterocycles. The SMILES string of the molecule is Cc1cc(C)c2c(Br)c(C(=O)NC3CC3Cc3cc(C)c4c(Br)c(C(=O)N5Cc6ccccc6C5)sc4n3)sc2n1. The number of carbonyl (C=O) groups is 2. The quantitative estimate of drug-likeness (QED) is 0.202. The van der Waals surface area contributed by atoms with Crippen LogP contribution in [0.15, 0.2) is 45.3 Å². The molecule has 1 N–H and O–H groups in total. The lowest BCUT2D eigenvalue weighted by Crippen LogP contribution is -2.26. The van der Waals surface area contributed by atoms with Crippen molar-refractivity contribution >= 4 is 86.8 Å². The van der Waals surface area contributed by atoms with Crippen molar-refractivity contribution < 1.29 is 9.59 Å². The summed E-state index contributed by atoms with van der Waals surface area (Å²) >= 11 is 10.3. The zero-order valence-corrected chi connectivity index (χ0v) is 27.5. The van der Waals surface area contributed by atoms with Crippen LogP contribution in [0.2, 0.25) is 0 Å². The molecule has 6 nitrogen and oxygen atoms in total. The molecular formula is C31H26Br2N4O2S2. The summed E-state index contributed by atoms with van der Waals surface area (Å²) in [4.78, 5) is 41.3. The van der Waals surface area contributed by atoms with Crippen LogP contribution in [-0.2, 0) is 19.5 Å². The second-order valence-corrected chi connectivity index (χ2v) is 14.7. The predicted molar refractivity (Wildman–Crippen MR) is 172 cm³/mol. The first-order chi connectivity index (χ1) is 19.7. The molecule has 10 heteroatoms. The third-order valence-corrected chi connectivity index (χ3v) is 12.3. The first-order valence-corrected chi connectivity index (χ1v) is 16.7. The van der Waals surface area contributed by atoms with Crippen molar-refractivity contribution in [3.63, 3.8) is 0 Å². The number of halogens is 2. The van der Waals surface area contributed by atoms with Crippen LogP contribution in [0.5, 0.6) is 0 Å². The molecule has 2 atom stereocenters. The number of hydrogen-bond acceptors (Lipinski definition) is 6. The predicted octanol–water partition coefficient (Wildman–Crippen LogP) is 7.87. The van der Waals surface area contributed by atoms with E-state index in [-0.39, 0.29) is 17.9 Å². The minimum Gasteiger partial charge on any atom is -0.348 e. The summed E-state index contributed by atoms with van der Waals surface area (Å²) in [6, 6.07) is 12.5. The van der Waals surface area contributed by atoms with E-state index in [9.17, 15) is 9.59 Å². The van der Waals surface area contributed by atoms with Gasteiger partial charge >= 0.3 is 0 Å². The number of fused-ring (bicyclic) bond motifs is 3. The van der Waals surface area contributed by atoms with Crippen LogP contribution in [0.4, 0.5) is 0 Å². The Morgan fingerprint density at radius 3 is 2.24 bits per heavy atom. The number of amides is 2. The lowest BCUT2D eigenvalue weighted by atomic mass is 10.1. The molecule has 1 saturated carbocycles. The molecule has 1 aromatic carbocycles. The van der Waals surface area contributed by atoms with Crippen LogP contribution in [0.1, 0.15) is 59.4 Å². The molecule has 2 amide bonds. The van der Waals surface area contributed by atoms with Gasteiger partial charge in [-0.3, -0.25) is 9.59 Å². The Morgan fingerprint density at radius 1 is 0.927 bits per heavy atom. The van der Waals surface area contributed by atoms with E-state index in [0.29, 0.717) is 28.8 Å². The van der Waals surface area contributed by atoms with E-state index in [1.807, 2.05) is 30.0 Å². The van der Waals surface area contributed by atoms with Crippen LogP contribution in [0, 0.1) is 26.7 Å². The molecule has 7 rings (SSSR count). The van der Waals surface area contributed by atoms with Crippen molar-refractivity contribution in [2.24, 2.45) is 5.92 Å². The van der Waals surface area contributed by atoms with Gasteiger partial charge in [-0.25, -0.2) is 9.97 Å². The van der Waals surface area contributed by atoms with E-state index in [2.05, 4.69) is 74.2 Å². The summed E-state index contributed by atoms with van der Waals surface area (Å²) in [7, 11) is 0. The number of nitrogens with one attached hydrogen (secondary N) is 1. The maximum absolute atomic E-state index is 13.5. The number of aryl methyl sites for hydroxylation is 3. The van der Waals surface area contributed by atoms with Gasteiger partial charge < -0.3 is 10.2 Å². The van der Waals surface area contributed by atoms with Gasteiger partial charge in [0.1, 0.15) is 19.4 Å². The van der Waals surface area contributed by atoms with Crippen molar-refractivity contribution in [1.29, 1.82) is 0 Å². The minimum atomic E-state index is -0.0570. The van der Waals surface area contributed by atoms with Crippen LogP contribution in [0.3, 0.4) is 0 Å². The van der Waals surface area contributed by atoms with E-state index in [1.165, 1.54) is 33.8 Å². The molecule has 5 heterocycles. The minimum absolute atomic E-state index is 0.0370. The topological polar surface area (TPSA) is 75.2 Å². The summed E-state index contributed by atoms with van der Waals surface area (Å²) < 4.78 is 1.66. The second-order valence-electron chi connectivity index (χ2n) is 11.1. The number of hydrogen-bond donors (Lipinski definition) is 1. The molecule has 0 spiro atoms. The van der Waals surface area contributed by atoms with Crippen molar-refractivity contribution in [2.45, 2.75) is 52.7 Å². The van der Waals surface area contributed by atoms with Gasteiger partial charge in [-0.05, 0) is 106 Å². The molecule has 5 aromatic rings. The Kier molecular flexibility index (Phi) is 6.80. The summed E-state index contributed by atoms with van der Waals surface area (Å²) in [6.07, 6.45) is 1.71. The highest BCUT2D eigenvalue weighted by Gasteiger charge is 2.39. The average Bonchev–Trinajstić information content (AvgIpc) is 3.23. The van der Waals surface area contributed by atoms with E-state index in [1.54, 1.807) is 0 Å². The van der Waals surface area contributed by atoms with Crippen molar-refractivity contribution in [2.75, 3.05) is 0 Å². The smallest absolute Gasteiger partial charge is 0.265 e. The zero-order chi connectivity index (χ0) is 28.6. The second kappa shape index (κ2) is 10.3. The average molecular weight is 711 g/mol. The van der Waals surface area contributed by atoms with Gasteiger partial charge in [-0.15, -0.1) is 22.7 Å². The highest BCUT2D eigenvalue weighted by atomic mass is 79.9. The molecule has 1 fully saturated rings. The lowest BCUT2D eigenvalue weighted by molar-refractivity contribution is 0.0755. The van der Waals surface area contributed by atoms with Gasteiger partial charge in [0.15, 0.2) is 0 Å². The van der Waals surface area contributed by atoms with Gasteiger partial charge in [0.2, 0.25) is 0 Å². The summed E-state index contributed by atoms with van der Waals surface area (Å²) in [6.45, 7) is 7.37. The third kappa shape index (κ3) is 4.82. The fourth-order valence-corrected chi connectivity index (χ4v) is 10.2. The number of rotatable bonds is 5. The Morgan fingerprint density at radius 2 is 1.54 bits per heavy atom. The molecule has 2 unspecified atom stereocenters. The third-order valence-electron chi connectivity index (χ3n) is 8.02. The molecule has 2 aliphatic rings. The number of benzene rings is 1. The Balaban J connectivity index is 1.06. The first-order valence-electron chi connectivity index (χ1n) is 13.5. The number of aromatic nitrogens is 2. The Bertz CT molecular complexity index is 1890. The summed E-state index contributed by atoms with van der Waals surface area (Å²) in [5.41, 5.74) is 6.59. The molecule has 41 heavy (non-hydrogen) atoms. The largest absolute Gasteiger partial charge is 0.348 e. The van der Waals surface area contributed by atoms with E-state index < -0.39 is 0 Å². The Hall–Kier alpha value is -2.66. The highest BCUT2D eigenvalue weighted by Crippen LogP contribution is 2.41. The van der Waals surface area contributed by atoms with Crippen molar-refractivity contribution in [1.82, 2.24) is 20.2 Å². The molecule has 1 aliphatic carbocycles. The van der Waals surface area contributed by atoms with Crippen LogP contribution in [0.25, 0.3) is 20.4 Å².